The molecular formula is C10H15NO2S. The zero-order valence-electron chi connectivity index (χ0n) is 8.20. The Morgan fingerprint density at radius 3 is 2.79 bits per heavy atom. The van der Waals surface area contributed by atoms with E-state index in [0.717, 1.165) is 32.2 Å². The van der Waals surface area contributed by atoms with E-state index in [4.69, 9.17) is 4.74 Å². The molecule has 0 spiro atoms. The van der Waals surface area contributed by atoms with Crippen LogP contribution in [0.4, 0.5) is 0 Å². The summed E-state index contributed by atoms with van der Waals surface area (Å²) in [5, 5.41) is 2.32. The molecule has 0 N–H and O–H groups in total. The molecule has 0 unspecified atom stereocenters. The third kappa shape index (κ3) is 9.10. The van der Waals surface area contributed by atoms with Crippen LogP contribution in [0.3, 0.4) is 0 Å². The number of hydrogen-bond acceptors (Lipinski definition) is 4. The van der Waals surface area contributed by atoms with E-state index in [1.807, 2.05) is 0 Å². The van der Waals surface area contributed by atoms with Crippen LogP contribution in [0.5, 0.6) is 0 Å². The van der Waals surface area contributed by atoms with E-state index in [9.17, 15) is 4.79 Å². The fraction of sp³-hybridized carbons (Fsp3) is 0.600. The molecule has 0 saturated carbocycles. The molecule has 0 atom stereocenters. The summed E-state index contributed by atoms with van der Waals surface area (Å²) in [6, 6.07) is 0. The molecule has 0 aromatic heterocycles. The molecular weight excluding hydrogens is 198 g/mol. The first-order chi connectivity index (χ1) is 6.81. The summed E-state index contributed by atoms with van der Waals surface area (Å²) in [6.07, 6.45) is 5.19. The Labute approximate surface area is 89.9 Å². The molecule has 0 fully saturated rings. The van der Waals surface area contributed by atoms with E-state index in [0.29, 0.717) is 6.61 Å². The molecule has 0 radical (unpaired) electrons. The Bertz CT molecular complexity index is 222. The Morgan fingerprint density at radius 2 is 2.14 bits per heavy atom. The van der Waals surface area contributed by atoms with Gasteiger partial charge >= 0.3 is 5.97 Å². The first-order valence-electron chi connectivity index (χ1n) is 4.64. The van der Waals surface area contributed by atoms with Crippen LogP contribution in [-0.4, -0.2) is 24.3 Å². The summed E-state index contributed by atoms with van der Waals surface area (Å²) < 4.78 is 4.81. The lowest BCUT2D eigenvalue weighted by Gasteiger charge is -2.00. The number of nitrogens with zero attached hydrogens (tertiary/aromatic N) is 1. The molecule has 0 aromatic rings. The van der Waals surface area contributed by atoms with E-state index in [-0.39, 0.29) is 5.97 Å². The van der Waals surface area contributed by atoms with Gasteiger partial charge in [-0.05, 0) is 31.5 Å². The van der Waals surface area contributed by atoms with Gasteiger partial charge in [0.05, 0.1) is 11.8 Å². The number of thiocarbonyl (C=S) groups is 1. The first-order valence-corrected chi connectivity index (χ1v) is 5.05. The Hall–Kier alpha value is -0.990. The van der Waals surface area contributed by atoms with Gasteiger partial charge in [-0.1, -0.05) is 13.0 Å². The van der Waals surface area contributed by atoms with Gasteiger partial charge in [0.1, 0.15) is 0 Å². The zero-order valence-corrected chi connectivity index (χ0v) is 9.02. The highest BCUT2D eigenvalue weighted by molar-refractivity contribution is 7.78. The van der Waals surface area contributed by atoms with Gasteiger partial charge in [-0.15, -0.1) is 0 Å². The number of unbranched alkanes of at least 4 members (excludes halogenated alkanes) is 3. The molecule has 0 saturated heterocycles. The first kappa shape index (κ1) is 13.0. The number of hydrogen-bond donors (Lipinski definition) is 0. The van der Waals surface area contributed by atoms with Gasteiger partial charge in [0.2, 0.25) is 0 Å². The number of carbonyl (C=O) groups excluding carboxylic acids is 1. The number of rotatable bonds is 8. The summed E-state index contributed by atoms with van der Waals surface area (Å²) in [6.45, 7) is 4.53. The Balaban J connectivity index is 3.09. The highest BCUT2D eigenvalue weighted by Gasteiger charge is 1.94. The maximum Gasteiger partial charge on any atom is 0.330 e. The van der Waals surface area contributed by atoms with Gasteiger partial charge in [0, 0.05) is 12.6 Å². The lowest BCUT2D eigenvalue weighted by Crippen LogP contribution is -2.01. The molecule has 0 amide bonds. The molecule has 0 aliphatic carbocycles. The van der Waals surface area contributed by atoms with Crippen molar-refractivity contribution in [2.45, 2.75) is 25.7 Å². The van der Waals surface area contributed by atoms with Crippen LogP contribution in [0.2, 0.25) is 0 Å². The van der Waals surface area contributed by atoms with Crippen LogP contribution in [0, 0.1) is 0 Å². The second-order valence-corrected chi connectivity index (χ2v) is 2.94. The minimum atomic E-state index is -0.352. The zero-order chi connectivity index (χ0) is 10.6. The van der Waals surface area contributed by atoms with Crippen LogP contribution >= 0.6 is 12.2 Å². The molecule has 3 nitrogen and oxygen atoms in total. The van der Waals surface area contributed by atoms with Crippen LogP contribution in [0.1, 0.15) is 25.7 Å². The monoisotopic (exact) mass is 213 g/mol. The molecule has 78 valence electrons. The molecule has 0 aromatic carbocycles. The average molecular weight is 213 g/mol. The van der Waals surface area contributed by atoms with Crippen molar-refractivity contribution in [2.24, 2.45) is 4.99 Å². The highest BCUT2D eigenvalue weighted by atomic mass is 32.1. The van der Waals surface area contributed by atoms with E-state index >= 15 is 0 Å². The van der Waals surface area contributed by atoms with Crippen molar-refractivity contribution in [1.82, 2.24) is 0 Å². The summed E-state index contributed by atoms with van der Waals surface area (Å²) in [7, 11) is 0. The topological polar surface area (TPSA) is 38.7 Å². The highest BCUT2D eigenvalue weighted by Crippen LogP contribution is 2.00. The average Bonchev–Trinajstić information content (AvgIpc) is 2.21. The van der Waals surface area contributed by atoms with Gasteiger partial charge in [-0.3, -0.25) is 0 Å². The van der Waals surface area contributed by atoms with Gasteiger partial charge < -0.3 is 4.74 Å². The normalized spacial score (nSPS) is 8.86. The third-order valence-electron chi connectivity index (χ3n) is 1.64. The maximum atomic E-state index is 10.6. The van der Waals surface area contributed by atoms with E-state index in [1.165, 1.54) is 6.08 Å². The second kappa shape index (κ2) is 10.1. The lowest BCUT2D eigenvalue weighted by molar-refractivity contribution is -0.137. The molecule has 14 heavy (non-hydrogen) atoms. The standard InChI is InChI=1S/C10H15NO2S/c1-2-10(12)13-8-6-4-3-5-7-11-9-14/h2H,1,3-8H2. The van der Waals surface area contributed by atoms with Gasteiger partial charge in [0.15, 0.2) is 0 Å². The molecule has 0 aliphatic heterocycles. The number of aliphatic imine (C=N–C) groups is 1. The number of isothiocyanates is 1. The van der Waals surface area contributed by atoms with Crippen molar-refractivity contribution in [3.05, 3.63) is 12.7 Å². The smallest absolute Gasteiger partial charge is 0.330 e. The minimum Gasteiger partial charge on any atom is -0.463 e. The minimum absolute atomic E-state index is 0.352. The number of ether oxygens (including phenoxy) is 1. The Kier molecular flexibility index (Phi) is 9.38. The summed E-state index contributed by atoms with van der Waals surface area (Å²) >= 11 is 4.43. The summed E-state index contributed by atoms with van der Waals surface area (Å²) in [4.78, 5) is 14.4. The van der Waals surface area contributed by atoms with E-state index in [2.05, 4.69) is 29.0 Å². The van der Waals surface area contributed by atoms with Crippen LogP contribution < -0.4 is 0 Å². The quantitative estimate of drug-likeness (QED) is 0.204. The molecule has 0 heterocycles. The number of carbonyl (C=O) groups is 1. The molecule has 4 heteroatoms. The van der Waals surface area contributed by atoms with E-state index < -0.39 is 0 Å². The fourth-order valence-electron chi connectivity index (χ4n) is 0.924. The van der Waals surface area contributed by atoms with Gasteiger partial charge in [-0.2, -0.15) is 0 Å². The van der Waals surface area contributed by atoms with Crippen molar-refractivity contribution in [3.8, 4) is 0 Å². The number of esters is 1. The fourth-order valence-corrected chi connectivity index (χ4v) is 1.02. The molecule has 0 bridgehead atoms. The SMILES string of the molecule is C=CC(=O)OCCCCCCN=C=S. The van der Waals surface area contributed by atoms with Crippen molar-refractivity contribution >= 4 is 23.3 Å². The van der Waals surface area contributed by atoms with Crippen LogP contribution in [0.15, 0.2) is 17.6 Å². The van der Waals surface area contributed by atoms with E-state index in [1.54, 1.807) is 0 Å². The predicted octanol–water partition coefficient (Wildman–Crippen LogP) is 2.38. The van der Waals surface area contributed by atoms with Crippen molar-refractivity contribution in [2.75, 3.05) is 13.2 Å². The predicted molar refractivity (Wildman–Crippen MR) is 59.5 cm³/mol. The van der Waals surface area contributed by atoms with Crippen molar-refractivity contribution in [1.29, 1.82) is 0 Å². The summed E-state index contributed by atoms with van der Waals surface area (Å²) in [5.41, 5.74) is 0. The third-order valence-corrected chi connectivity index (χ3v) is 1.77. The van der Waals surface area contributed by atoms with Crippen LogP contribution in [-0.2, 0) is 9.53 Å². The van der Waals surface area contributed by atoms with Gasteiger partial charge in [0.25, 0.3) is 0 Å². The van der Waals surface area contributed by atoms with Gasteiger partial charge in [-0.25, -0.2) is 9.79 Å². The maximum absolute atomic E-state index is 10.6. The largest absolute Gasteiger partial charge is 0.463 e. The molecule has 0 rings (SSSR count). The van der Waals surface area contributed by atoms with Crippen molar-refractivity contribution in [3.63, 3.8) is 0 Å². The molecule has 0 aliphatic rings. The van der Waals surface area contributed by atoms with Crippen molar-refractivity contribution < 1.29 is 9.53 Å². The van der Waals surface area contributed by atoms with Crippen LogP contribution in [0.25, 0.3) is 0 Å². The summed E-state index contributed by atoms with van der Waals surface area (Å²) in [5.74, 6) is -0.352. The Morgan fingerprint density at radius 1 is 1.43 bits per heavy atom. The second-order valence-electron chi connectivity index (χ2n) is 2.76. The lowest BCUT2D eigenvalue weighted by atomic mass is 10.2.